The van der Waals surface area contributed by atoms with Gasteiger partial charge in [0.05, 0.1) is 12.8 Å². The Morgan fingerprint density at radius 3 is 2.83 bits per heavy atom. The Balaban J connectivity index is 1.74. The van der Waals surface area contributed by atoms with Gasteiger partial charge in [-0.1, -0.05) is 24.3 Å². The number of aryl methyl sites for hydroxylation is 1. The number of hydrogen-bond acceptors (Lipinski definition) is 3. The molecule has 2 N–H and O–H groups in total. The predicted octanol–water partition coefficient (Wildman–Crippen LogP) is 1.24. The van der Waals surface area contributed by atoms with Crippen molar-refractivity contribution in [2.24, 2.45) is 7.05 Å². The van der Waals surface area contributed by atoms with Crippen molar-refractivity contribution in [3.05, 3.63) is 53.3 Å². The average Bonchev–Trinajstić information content (AvgIpc) is 2.81. The van der Waals surface area contributed by atoms with Gasteiger partial charge in [-0.15, -0.1) is 0 Å². The van der Waals surface area contributed by atoms with Crippen LogP contribution in [-0.4, -0.2) is 21.4 Å². The largest absolute Gasteiger partial charge is 0.392 e. The molecule has 0 saturated carbocycles. The smallest absolute Gasteiger partial charge is 0.0681 e. The fourth-order valence-corrected chi connectivity index (χ4v) is 1.90. The van der Waals surface area contributed by atoms with E-state index in [1.807, 2.05) is 42.3 Å². The lowest BCUT2D eigenvalue weighted by Gasteiger charge is -2.05. The van der Waals surface area contributed by atoms with Crippen LogP contribution in [0.4, 0.5) is 0 Å². The minimum atomic E-state index is 0.101. The van der Waals surface area contributed by atoms with Crippen LogP contribution in [0.3, 0.4) is 0 Å². The summed E-state index contributed by atoms with van der Waals surface area (Å²) in [6, 6.07) is 8.00. The van der Waals surface area contributed by atoms with Gasteiger partial charge in [-0.2, -0.15) is 5.10 Å². The zero-order chi connectivity index (χ0) is 12.8. The van der Waals surface area contributed by atoms with Crippen molar-refractivity contribution in [2.45, 2.75) is 19.6 Å². The summed E-state index contributed by atoms with van der Waals surface area (Å²) in [7, 11) is 1.93. The van der Waals surface area contributed by atoms with Crippen LogP contribution in [0.1, 0.15) is 16.7 Å². The monoisotopic (exact) mass is 245 g/mol. The average molecular weight is 245 g/mol. The van der Waals surface area contributed by atoms with E-state index in [4.69, 9.17) is 5.11 Å². The molecule has 4 nitrogen and oxygen atoms in total. The van der Waals surface area contributed by atoms with E-state index in [0.29, 0.717) is 0 Å². The van der Waals surface area contributed by atoms with Gasteiger partial charge in [-0.3, -0.25) is 4.68 Å². The molecular weight excluding hydrogens is 226 g/mol. The van der Waals surface area contributed by atoms with E-state index in [-0.39, 0.29) is 6.61 Å². The van der Waals surface area contributed by atoms with E-state index >= 15 is 0 Å². The van der Waals surface area contributed by atoms with Gasteiger partial charge in [0, 0.05) is 19.8 Å². The minimum absolute atomic E-state index is 0.101. The lowest BCUT2D eigenvalue weighted by Crippen LogP contribution is -2.16. The third-order valence-electron chi connectivity index (χ3n) is 2.85. The zero-order valence-corrected chi connectivity index (χ0v) is 10.6. The second kappa shape index (κ2) is 6.33. The first-order chi connectivity index (χ1) is 8.78. The molecule has 1 heterocycles. The van der Waals surface area contributed by atoms with Gasteiger partial charge in [-0.25, -0.2) is 0 Å². The lowest BCUT2D eigenvalue weighted by molar-refractivity contribution is 0.281. The quantitative estimate of drug-likeness (QED) is 0.753. The summed E-state index contributed by atoms with van der Waals surface area (Å²) in [4.78, 5) is 0. The summed E-state index contributed by atoms with van der Waals surface area (Å²) < 4.78 is 1.82. The van der Waals surface area contributed by atoms with Crippen molar-refractivity contribution in [2.75, 3.05) is 6.54 Å². The van der Waals surface area contributed by atoms with Gasteiger partial charge in [-0.05, 0) is 29.7 Å². The molecule has 0 spiro atoms. The highest BCUT2D eigenvalue weighted by Gasteiger charge is 1.97. The van der Waals surface area contributed by atoms with Crippen LogP contribution in [-0.2, 0) is 26.6 Å². The van der Waals surface area contributed by atoms with Crippen LogP contribution in [0.25, 0.3) is 0 Å². The molecule has 96 valence electrons. The summed E-state index contributed by atoms with van der Waals surface area (Å²) in [6.45, 7) is 1.85. The molecule has 0 atom stereocenters. The Kier molecular flexibility index (Phi) is 4.50. The van der Waals surface area contributed by atoms with Gasteiger partial charge in [0.25, 0.3) is 0 Å². The van der Waals surface area contributed by atoms with Crippen LogP contribution in [0.2, 0.25) is 0 Å². The van der Waals surface area contributed by atoms with Gasteiger partial charge in [0.15, 0.2) is 0 Å². The van der Waals surface area contributed by atoms with Gasteiger partial charge in [0.2, 0.25) is 0 Å². The summed E-state index contributed by atoms with van der Waals surface area (Å²) in [5.41, 5.74) is 3.41. The minimum Gasteiger partial charge on any atom is -0.392 e. The summed E-state index contributed by atoms with van der Waals surface area (Å²) in [5.74, 6) is 0. The molecule has 2 rings (SSSR count). The second-order valence-electron chi connectivity index (χ2n) is 4.43. The number of aliphatic hydroxyl groups excluding tert-OH is 1. The molecule has 0 fully saturated rings. The van der Waals surface area contributed by atoms with Crippen LogP contribution in [0.5, 0.6) is 0 Å². The first-order valence-corrected chi connectivity index (χ1v) is 6.15. The SMILES string of the molecule is Cn1cc(CCNCc2cccc(CO)c2)cn1. The number of nitrogens with one attached hydrogen (secondary N) is 1. The van der Waals surface area contributed by atoms with E-state index in [1.165, 1.54) is 11.1 Å². The molecule has 2 aromatic rings. The summed E-state index contributed by atoms with van der Waals surface area (Å²) >= 11 is 0. The van der Waals surface area contributed by atoms with Crippen molar-refractivity contribution in [3.63, 3.8) is 0 Å². The summed E-state index contributed by atoms with van der Waals surface area (Å²) in [5, 5.41) is 16.6. The normalized spacial score (nSPS) is 10.8. The maximum atomic E-state index is 9.05. The zero-order valence-electron chi connectivity index (χ0n) is 10.6. The van der Waals surface area contributed by atoms with Crippen molar-refractivity contribution >= 4 is 0 Å². The van der Waals surface area contributed by atoms with Gasteiger partial charge in [0.1, 0.15) is 0 Å². The van der Waals surface area contributed by atoms with Crippen LogP contribution in [0.15, 0.2) is 36.7 Å². The maximum Gasteiger partial charge on any atom is 0.0681 e. The van der Waals surface area contributed by atoms with E-state index in [0.717, 1.165) is 25.1 Å². The molecule has 0 aliphatic heterocycles. The fourth-order valence-electron chi connectivity index (χ4n) is 1.90. The Bertz CT molecular complexity index is 493. The Morgan fingerprint density at radius 1 is 1.28 bits per heavy atom. The highest BCUT2D eigenvalue weighted by molar-refractivity contribution is 5.22. The van der Waals surface area contributed by atoms with Crippen molar-refractivity contribution in [1.29, 1.82) is 0 Å². The first-order valence-electron chi connectivity index (χ1n) is 6.15. The molecule has 0 amide bonds. The topological polar surface area (TPSA) is 50.1 Å². The van der Waals surface area contributed by atoms with Gasteiger partial charge < -0.3 is 10.4 Å². The number of aliphatic hydroxyl groups is 1. The van der Waals surface area contributed by atoms with Crippen molar-refractivity contribution < 1.29 is 5.11 Å². The highest BCUT2D eigenvalue weighted by Crippen LogP contribution is 2.05. The Morgan fingerprint density at radius 2 is 2.11 bits per heavy atom. The third kappa shape index (κ3) is 3.68. The van der Waals surface area contributed by atoms with Gasteiger partial charge >= 0.3 is 0 Å². The number of hydrogen-bond donors (Lipinski definition) is 2. The highest BCUT2D eigenvalue weighted by atomic mass is 16.3. The Labute approximate surface area is 107 Å². The number of nitrogens with zero attached hydrogens (tertiary/aromatic N) is 2. The maximum absolute atomic E-state index is 9.05. The number of aromatic nitrogens is 2. The van der Waals surface area contributed by atoms with E-state index in [2.05, 4.69) is 16.5 Å². The van der Waals surface area contributed by atoms with Crippen molar-refractivity contribution in [3.8, 4) is 0 Å². The standard InChI is InChI=1S/C14H19N3O/c1-17-10-14(9-16-17)5-6-15-8-12-3-2-4-13(7-12)11-18/h2-4,7,9-10,15,18H,5-6,8,11H2,1H3. The molecule has 0 aliphatic rings. The molecule has 0 bridgehead atoms. The molecule has 18 heavy (non-hydrogen) atoms. The van der Waals surface area contributed by atoms with Crippen LogP contribution < -0.4 is 5.32 Å². The van der Waals surface area contributed by atoms with E-state index in [9.17, 15) is 0 Å². The van der Waals surface area contributed by atoms with Crippen molar-refractivity contribution in [1.82, 2.24) is 15.1 Å². The number of benzene rings is 1. The molecule has 0 radical (unpaired) electrons. The second-order valence-corrected chi connectivity index (χ2v) is 4.43. The molecule has 1 aromatic carbocycles. The van der Waals surface area contributed by atoms with E-state index < -0.39 is 0 Å². The fraction of sp³-hybridized carbons (Fsp3) is 0.357. The third-order valence-corrected chi connectivity index (χ3v) is 2.85. The molecule has 0 aliphatic carbocycles. The van der Waals surface area contributed by atoms with E-state index in [1.54, 1.807) is 0 Å². The Hall–Kier alpha value is -1.65. The molecule has 0 saturated heterocycles. The van der Waals surface area contributed by atoms with Crippen LogP contribution >= 0.6 is 0 Å². The van der Waals surface area contributed by atoms with Crippen LogP contribution in [0, 0.1) is 0 Å². The molecule has 4 heteroatoms. The summed E-state index contributed by atoms with van der Waals surface area (Å²) in [6.07, 6.45) is 4.91. The lowest BCUT2D eigenvalue weighted by atomic mass is 10.1. The molecule has 0 unspecified atom stereocenters. The molecule has 1 aromatic heterocycles. The number of rotatable bonds is 6. The molecular formula is C14H19N3O. The first kappa shape index (κ1) is 12.8. The predicted molar refractivity (Wildman–Crippen MR) is 71.0 cm³/mol.